The van der Waals surface area contributed by atoms with Crippen molar-refractivity contribution in [2.24, 2.45) is 0 Å². The summed E-state index contributed by atoms with van der Waals surface area (Å²) in [4.78, 5) is 26.3. The maximum absolute atomic E-state index is 11.2. The van der Waals surface area contributed by atoms with Gasteiger partial charge >= 0.3 is 11.9 Å². The summed E-state index contributed by atoms with van der Waals surface area (Å²) in [6, 6.07) is 0. The molecule has 0 amide bonds. The number of aryl methyl sites for hydroxylation is 1. The van der Waals surface area contributed by atoms with Crippen LogP contribution < -0.4 is 4.74 Å². The van der Waals surface area contributed by atoms with Gasteiger partial charge in [-0.3, -0.25) is 14.6 Å². The standard InChI is InChI=1S/C13H17NO4S/c1-8-13(18-10(3)16)12(6-17-9(2)15)11(5-14-8)7-19-4/h5H,6-7H2,1-4H3. The lowest BCUT2D eigenvalue weighted by molar-refractivity contribution is -0.142. The first-order valence-electron chi connectivity index (χ1n) is 5.73. The van der Waals surface area contributed by atoms with Gasteiger partial charge in [-0.05, 0) is 18.7 Å². The molecule has 0 atom stereocenters. The van der Waals surface area contributed by atoms with Gasteiger partial charge in [0, 0.05) is 31.4 Å². The minimum Gasteiger partial charge on any atom is -0.461 e. The van der Waals surface area contributed by atoms with Crippen LogP contribution in [0.4, 0.5) is 0 Å². The highest BCUT2D eigenvalue weighted by Crippen LogP contribution is 2.28. The Balaban J connectivity index is 3.18. The van der Waals surface area contributed by atoms with Crippen LogP contribution in [-0.4, -0.2) is 23.2 Å². The van der Waals surface area contributed by atoms with Crippen molar-refractivity contribution in [1.29, 1.82) is 0 Å². The number of ether oxygens (including phenoxy) is 2. The molecule has 0 aliphatic rings. The van der Waals surface area contributed by atoms with Crippen molar-refractivity contribution in [3.63, 3.8) is 0 Å². The molecule has 5 nitrogen and oxygen atoms in total. The second kappa shape index (κ2) is 7.13. The summed E-state index contributed by atoms with van der Waals surface area (Å²) in [7, 11) is 0. The van der Waals surface area contributed by atoms with Crippen molar-refractivity contribution in [2.75, 3.05) is 6.26 Å². The lowest BCUT2D eigenvalue weighted by atomic mass is 10.1. The van der Waals surface area contributed by atoms with E-state index < -0.39 is 5.97 Å². The largest absolute Gasteiger partial charge is 0.461 e. The quantitative estimate of drug-likeness (QED) is 0.772. The van der Waals surface area contributed by atoms with Gasteiger partial charge in [0.25, 0.3) is 0 Å². The lowest BCUT2D eigenvalue weighted by Gasteiger charge is -2.15. The highest BCUT2D eigenvalue weighted by Gasteiger charge is 2.16. The second-order valence-electron chi connectivity index (χ2n) is 3.98. The summed E-state index contributed by atoms with van der Waals surface area (Å²) in [6.07, 6.45) is 3.68. The van der Waals surface area contributed by atoms with E-state index in [0.717, 1.165) is 5.56 Å². The average molecular weight is 283 g/mol. The molecule has 0 N–H and O–H groups in total. The van der Waals surface area contributed by atoms with Gasteiger partial charge in [0.2, 0.25) is 0 Å². The number of carbonyl (C=O) groups excluding carboxylic acids is 2. The Bertz CT molecular complexity index is 488. The molecule has 0 aliphatic heterocycles. The molecule has 0 aromatic carbocycles. The van der Waals surface area contributed by atoms with Crippen LogP contribution in [0, 0.1) is 6.92 Å². The van der Waals surface area contributed by atoms with Crippen molar-refractivity contribution < 1.29 is 19.1 Å². The minimum atomic E-state index is -0.421. The van der Waals surface area contributed by atoms with Crippen LogP contribution in [0.1, 0.15) is 30.7 Å². The Morgan fingerprint density at radius 3 is 2.53 bits per heavy atom. The molecule has 1 aromatic rings. The van der Waals surface area contributed by atoms with E-state index in [1.54, 1.807) is 24.9 Å². The maximum atomic E-state index is 11.2. The molecule has 1 rings (SSSR count). The van der Waals surface area contributed by atoms with Gasteiger partial charge in [0.15, 0.2) is 5.75 Å². The Morgan fingerprint density at radius 1 is 1.32 bits per heavy atom. The Labute approximate surface area is 116 Å². The van der Waals surface area contributed by atoms with Crippen LogP contribution in [0.2, 0.25) is 0 Å². The number of pyridine rings is 1. The zero-order valence-electron chi connectivity index (χ0n) is 11.5. The van der Waals surface area contributed by atoms with Crippen LogP contribution in [0.25, 0.3) is 0 Å². The van der Waals surface area contributed by atoms with Gasteiger partial charge in [0.05, 0.1) is 5.69 Å². The number of nitrogens with zero attached hydrogens (tertiary/aromatic N) is 1. The van der Waals surface area contributed by atoms with E-state index in [1.807, 2.05) is 6.26 Å². The molecular weight excluding hydrogens is 266 g/mol. The Kier molecular flexibility index (Phi) is 5.82. The average Bonchev–Trinajstić information content (AvgIpc) is 2.32. The van der Waals surface area contributed by atoms with Crippen molar-refractivity contribution in [1.82, 2.24) is 4.98 Å². The van der Waals surface area contributed by atoms with Crippen molar-refractivity contribution in [3.8, 4) is 5.75 Å². The van der Waals surface area contributed by atoms with Crippen LogP contribution in [0.5, 0.6) is 5.75 Å². The molecule has 0 bridgehead atoms. The number of hydrogen-bond donors (Lipinski definition) is 0. The molecule has 104 valence electrons. The number of esters is 2. The summed E-state index contributed by atoms with van der Waals surface area (Å²) in [5.41, 5.74) is 2.20. The first kappa shape index (κ1) is 15.5. The lowest BCUT2D eigenvalue weighted by Crippen LogP contribution is -2.11. The van der Waals surface area contributed by atoms with E-state index in [-0.39, 0.29) is 12.6 Å². The van der Waals surface area contributed by atoms with E-state index in [9.17, 15) is 9.59 Å². The number of rotatable bonds is 5. The van der Waals surface area contributed by atoms with Crippen molar-refractivity contribution in [2.45, 2.75) is 33.1 Å². The predicted molar refractivity (Wildman–Crippen MR) is 73.0 cm³/mol. The molecule has 1 heterocycles. The zero-order chi connectivity index (χ0) is 14.4. The van der Waals surface area contributed by atoms with E-state index in [1.165, 1.54) is 13.8 Å². The van der Waals surface area contributed by atoms with Crippen LogP contribution in [-0.2, 0) is 26.7 Å². The molecular formula is C13H17NO4S. The number of hydrogen-bond acceptors (Lipinski definition) is 6. The number of aromatic nitrogens is 1. The van der Waals surface area contributed by atoms with Gasteiger partial charge in [-0.15, -0.1) is 0 Å². The zero-order valence-corrected chi connectivity index (χ0v) is 12.3. The third-order valence-corrected chi connectivity index (χ3v) is 2.97. The first-order valence-corrected chi connectivity index (χ1v) is 7.13. The minimum absolute atomic E-state index is 0.0806. The summed E-state index contributed by atoms with van der Waals surface area (Å²) < 4.78 is 10.2. The highest BCUT2D eigenvalue weighted by atomic mass is 32.2. The molecule has 6 heteroatoms. The molecule has 0 radical (unpaired) electrons. The van der Waals surface area contributed by atoms with Gasteiger partial charge in [-0.2, -0.15) is 11.8 Å². The fraction of sp³-hybridized carbons (Fsp3) is 0.462. The van der Waals surface area contributed by atoms with E-state index >= 15 is 0 Å². The summed E-state index contributed by atoms with van der Waals surface area (Å²) in [6.45, 7) is 4.50. The van der Waals surface area contributed by atoms with E-state index in [4.69, 9.17) is 9.47 Å². The Hall–Kier alpha value is -1.56. The smallest absolute Gasteiger partial charge is 0.308 e. The first-order chi connectivity index (χ1) is 8.95. The fourth-order valence-electron chi connectivity index (χ4n) is 1.57. The summed E-state index contributed by atoms with van der Waals surface area (Å²) in [5, 5.41) is 0. The molecule has 0 saturated heterocycles. The summed E-state index contributed by atoms with van der Waals surface area (Å²) >= 11 is 1.62. The third-order valence-electron chi connectivity index (χ3n) is 2.37. The monoisotopic (exact) mass is 283 g/mol. The van der Waals surface area contributed by atoms with Crippen molar-refractivity contribution in [3.05, 3.63) is 23.0 Å². The molecule has 0 saturated carbocycles. The van der Waals surface area contributed by atoms with Gasteiger partial charge < -0.3 is 9.47 Å². The second-order valence-corrected chi connectivity index (χ2v) is 4.85. The topological polar surface area (TPSA) is 65.5 Å². The van der Waals surface area contributed by atoms with Gasteiger partial charge in [0.1, 0.15) is 6.61 Å². The van der Waals surface area contributed by atoms with Gasteiger partial charge in [-0.1, -0.05) is 0 Å². The fourth-order valence-corrected chi connectivity index (χ4v) is 2.13. The van der Waals surface area contributed by atoms with Crippen LogP contribution in [0.3, 0.4) is 0 Å². The maximum Gasteiger partial charge on any atom is 0.308 e. The SMILES string of the molecule is CSCc1cnc(C)c(OC(C)=O)c1COC(C)=O. The van der Waals surface area contributed by atoms with Crippen LogP contribution in [0.15, 0.2) is 6.20 Å². The molecule has 19 heavy (non-hydrogen) atoms. The predicted octanol–water partition coefficient (Wildman–Crippen LogP) is 2.24. The normalized spacial score (nSPS) is 10.1. The van der Waals surface area contributed by atoms with E-state index in [0.29, 0.717) is 22.8 Å². The van der Waals surface area contributed by atoms with Gasteiger partial charge in [-0.25, -0.2) is 0 Å². The number of carbonyl (C=O) groups is 2. The Morgan fingerprint density at radius 2 is 2.00 bits per heavy atom. The molecule has 0 fully saturated rings. The molecule has 0 spiro atoms. The number of thioether (sulfide) groups is 1. The van der Waals surface area contributed by atoms with E-state index in [2.05, 4.69) is 4.98 Å². The third kappa shape index (κ3) is 4.55. The highest BCUT2D eigenvalue weighted by molar-refractivity contribution is 7.97. The summed E-state index contributed by atoms with van der Waals surface area (Å²) in [5.74, 6) is 0.298. The van der Waals surface area contributed by atoms with Crippen molar-refractivity contribution >= 4 is 23.7 Å². The van der Waals surface area contributed by atoms with Crippen LogP contribution >= 0.6 is 11.8 Å². The molecule has 1 aromatic heterocycles. The molecule has 0 unspecified atom stereocenters. The molecule has 0 aliphatic carbocycles.